The molecule has 0 fully saturated rings. The molecule has 0 N–H and O–H groups in total. The first-order valence-corrected chi connectivity index (χ1v) is 31.9. The topological polar surface area (TPSA) is 111 Å². The van der Waals surface area contributed by atoms with Crippen LogP contribution in [0.1, 0.15) is 251 Å². The van der Waals surface area contributed by atoms with E-state index >= 15 is 0 Å². The molecule has 0 aliphatic rings. The van der Waals surface area contributed by atoms with Crippen molar-refractivity contribution in [3.8, 4) is 0 Å². The summed E-state index contributed by atoms with van der Waals surface area (Å²) in [7, 11) is 1.16. The average Bonchev–Trinajstić information content (AvgIpc) is 3.37. The summed E-state index contributed by atoms with van der Waals surface area (Å²) in [6.45, 7) is 4.13. The van der Waals surface area contributed by atoms with E-state index in [0.29, 0.717) is 17.4 Å². The number of nitrogens with zero attached hydrogens (tertiary/aromatic N) is 1. The van der Waals surface area contributed by atoms with Gasteiger partial charge in [0.2, 0.25) is 0 Å². The third-order valence-corrected chi connectivity index (χ3v) is 13.8. The number of rotatable bonds is 55. The number of esters is 2. The second kappa shape index (κ2) is 55.7. The van der Waals surface area contributed by atoms with Crippen molar-refractivity contribution >= 4 is 19.8 Å². The number of hydrogen-bond donors (Lipinski definition) is 0. The molecule has 0 spiro atoms. The number of hydrogen-bond acceptors (Lipinski definition) is 8. The quantitative estimate of drug-likeness (QED) is 0.0195. The predicted molar refractivity (Wildman–Crippen MR) is 319 cm³/mol. The van der Waals surface area contributed by atoms with Gasteiger partial charge in [-0.15, -0.1) is 0 Å². The fraction of sp³-hybridized carbons (Fsp3) is 0.723. The summed E-state index contributed by atoms with van der Waals surface area (Å²) in [5.74, 6) is -0.835. The van der Waals surface area contributed by atoms with Gasteiger partial charge in [-0.3, -0.25) is 14.2 Å². The minimum atomic E-state index is -4.64. The van der Waals surface area contributed by atoms with Crippen molar-refractivity contribution in [2.75, 3.05) is 47.5 Å². The minimum Gasteiger partial charge on any atom is -0.756 e. The number of phosphoric acid groups is 1. The summed E-state index contributed by atoms with van der Waals surface area (Å²) in [4.78, 5) is 37.9. The summed E-state index contributed by atoms with van der Waals surface area (Å²) >= 11 is 0. The van der Waals surface area contributed by atoms with Crippen molar-refractivity contribution in [1.82, 2.24) is 0 Å². The molecule has 0 saturated heterocycles. The fourth-order valence-corrected chi connectivity index (χ4v) is 8.93. The van der Waals surface area contributed by atoms with E-state index in [2.05, 4.69) is 111 Å². The Kier molecular flexibility index (Phi) is 53.4. The highest BCUT2D eigenvalue weighted by Crippen LogP contribution is 2.38. The molecule has 2 atom stereocenters. The molecule has 0 rings (SSSR count). The average molecular weight is 1070 g/mol. The van der Waals surface area contributed by atoms with Crippen molar-refractivity contribution < 1.29 is 42.1 Å². The smallest absolute Gasteiger partial charge is 0.306 e. The summed E-state index contributed by atoms with van der Waals surface area (Å²) < 4.78 is 34.2. The lowest BCUT2D eigenvalue weighted by molar-refractivity contribution is -0.870. The minimum absolute atomic E-state index is 0.0341. The lowest BCUT2D eigenvalue weighted by Crippen LogP contribution is -2.37. The zero-order chi connectivity index (χ0) is 54.9. The van der Waals surface area contributed by atoms with Crippen molar-refractivity contribution in [2.24, 2.45) is 0 Å². The maximum atomic E-state index is 12.8. The zero-order valence-electron chi connectivity index (χ0n) is 49.0. The Morgan fingerprint density at radius 2 is 0.760 bits per heavy atom. The van der Waals surface area contributed by atoms with Gasteiger partial charge in [0.05, 0.1) is 27.7 Å². The van der Waals surface area contributed by atoms with Crippen molar-refractivity contribution in [3.63, 3.8) is 0 Å². The molecule has 432 valence electrons. The van der Waals surface area contributed by atoms with Gasteiger partial charge in [-0.25, -0.2) is 0 Å². The molecule has 2 unspecified atom stereocenters. The molecule has 10 heteroatoms. The van der Waals surface area contributed by atoms with Crippen LogP contribution < -0.4 is 4.89 Å². The van der Waals surface area contributed by atoms with Crippen LogP contribution in [-0.4, -0.2) is 70.0 Å². The summed E-state index contributed by atoms with van der Waals surface area (Å²) in [5, 5.41) is 0. The molecule has 0 aromatic heterocycles. The van der Waals surface area contributed by atoms with Crippen LogP contribution in [0, 0.1) is 0 Å². The normalized spacial score (nSPS) is 13.9. The van der Waals surface area contributed by atoms with Crippen LogP contribution in [0.5, 0.6) is 0 Å². The number of quaternary nitrogens is 1. The van der Waals surface area contributed by atoms with E-state index in [1.165, 1.54) is 122 Å². The van der Waals surface area contributed by atoms with Crippen molar-refractivity contribution in [3.05, 3.63) is 97.2 Å². The van der Waals surface area contributed by atoms with Gasteiger partial charge in [0.15, 0.2) is 6.10 Å². The number of ether oxygens (including phenoxy) is 2. The molecule has 0 aromatic carbocycles. The molecule has 0 saturated carbocycles. The number of phosphoric ester groups is 1. The Balaban J connectivity index is 4.12. The van der Waals surface area contributed by atoms with Crippen LogP contribution in [0.4, 0.5) is 0 Å². The van der Waals surface area contributed by atoms with E-state index < -0.39 is 26.5 Å². The van der Waals surface area contributed by atoms with E-state index in [-0.39, 0.29) is 32.0 Å². The van der Waals surface area contributed by atoms with E-state index in [4.69, 9.17) is 18.5 Å². The molecular formula is C65H114NO8P. The molecule has 0 aliphatic heterocycles. The Morgan fingerprint density at radius 1 is 0.427 bits per heavy atom. The Morgan fingerprint density at radius 3 is 1.13 bits per heavy atom. The number of carbonyl (C=O) groups is 2. The van der Waals surface area contributed by atoms with Gasteiger partial charge in [-0.1, -0.05) is 259 Å². The molecule has 0 aromatic rings. The number of allylic oxidation sites excluding steroid dienone is 16. The zero-order valence-corrected chi connectivity index (χ0v) is 49.9. The van der Waals surface area contributed by atoms with Gasteiger partial charge in [-0.2, -0.15) is 0 Å². The number of carbonyl (C=O) groups excluding carboxylic acids is 2. The second-order valence-corrected chi connectivity index (χ2v) is 22.8. The molecule has 75 heavy (non-hydrogen) atoms. The first-order chi connectivity index (χ1) is 36.5. The van der Waals surface area contributed by atoms with E-state index in [1.54, 1.807) is 0 Å². The summed E-state index contributed by atoms with van der Waals surface area (Å²) in [5.41, 5.74) is 0. The second-order valence-electron chi connectivity index (χ2n) is 21.3. The Hall–Kier alpha value is -3.07. The predicted octanol–water partition coefficient (Wildman–Crippen LogP) is 18.6. The van der Waals surface area contributed by atoms with Crippen LogP contribution in [0.3, 0.4) is 0 Å². The van der Waals surface area contributed by atoms with Gasteiger partial charge in [0.25, 0.3) is 7.82 Å². The molecule has 0 amide bonds. The molecule has 0 aliphatic carbocycles. The van der Waals surface area contributed by atoms with Gasteiger partial charge >= 0.3 is 11.9 Å². The van der Waals surface area contributed by atoms with Crippen molar-refractivity contribution in [2.45, 2.75) is 258 Å². The maximum Gasteiger partial charge on any atom is 0.306 e. The van der Waals surface area contributed by atoms with Crippen LogP contribution in [0.2, 0.25) is 0 Å². The molecular weight excluding hydrogens is 954 g/mol. The molecule has 9 nitrogen and oxygen atoms in total. The highest BCUT2D eigenvalue weighted by molar-refractivity contribution is 7.45. The van der Waals surface area contributed by atoms with Crippen LogP contribution in [0.15, 0.2) is 97.2 Å². The fourth-order valence-electron chi connectivity index (χ4n) is 8.20. The standard InChI is InChI=1S/C65H114NO8P/c1-6-8-10-12-14-16-18-20-22-24-25-26-27-28-29-30-31-32-33-34-35-36-37-38-39-40-41-42-44-46-48-50-52-54-56-58-65(68)74-63(62-73-75(69,70)72-60-59-66(3,4)5)61-71-64(67)57-55-53-51-49-47-45-43-23-21-19-17-15-13-11-9-7-2/h8,10,14,16,20,22,25-26,28-29,31-32,34-35,37-38,63H,6-7,9,11-13,15,17-19,21,23-24,27,30,33,36,39-62H2,1-5H3/b10-8-,16-14-,22-20-,26-25-,29-28-,32-31-,35-34-,38-37-. The van der Waals surface area contributed by atoms with Crippen LogP contribution in [0.25, 0.3) is 0 Å². The SMILES string of the molecule is CC/C=C\C/C=C\C/C=C\C/C=C\C/C=C\C/C=C\C/C=C\C/C=C\CCCCCCCCCCCCC(=O)OC(COC(=O)CCCCCCCCCCCCCCCCCC)COP(=O)([O-])OCC[N+](C)(C)C. The van der Waals surface area contributed by atoms with E-state index in [9.17, 15) is 19.0 Å². The molecule has 0 heterocycles. The maximum absolute atomic E-state index is 12.8. The van der Waals surface area contributed by atoms with Gasteiger partial charge in [-0.05, 0) is 77.0 Å². The molecule has 0 bridgehead atoms. The largest absolute Gasteiger partial charge is 0.756 e. The van der Waals surface area contributed by atoms with Crippen LogP contribution in [-0.2, 0) is 32.7 Å². The highest BCUT2D eigenvalue weighted by Gasteiger charge is 2.22. The van der Waals surface area contributed by atoms with Crippen LogP contribution >= 0.6 is 7.82 Å². The number of likely N-dealkylation sites (N-methyl/N-ethyl adjacent to an activating group) is 1. The first kappa shape index (κ1) is 71.9. The number of unbranched alkanes of at least 4 members (excludes halogenated alkanes) is 25. The van der Waals surface area contributed by atoms with E-state index in [1.807, 2.05) is 21.1 Å². The summed E-state index contributed by atoms with van der Waals surface area (Å²) in [6.07, 6.45) is 76.0. The van der Waals surface area contributed by atoms with Gasteiger partial charge in [0.1, 0.15) is 19.8 Å². The highest BCUT2D eigenvalue weighted by atomic mass is 31.2. The summed E-state index contributed by atoms with van der Waals surface area (Å²) in [6, 6.07) is 0. The first-order valence-electron chi connectivity index (χ1n) is 30.4. The lowest BCUT2D eigenvalue weighted by atomic mass is 10.0. The Labute approximate surface area is 462 Å². The molecule has 0 radical (unpaired) electrons. The van der Waals surface area contributed by atoms with Crippen molar-refractivity contribution in [1.29, 1.82) is 0 Å². The Bertz CT molecular complexity index is 1590. The van der Waals surface area contributed by atoms with Gasteiger partial charge < -0.3 is 27.9 Å². The van der Waals surface area contributed by atoms with Gasteiger partial charge in [0, 0.05) is 12.8 Å². The van der Waals surface area contributed by atoms with E-state index in [0.717, 1.165) is 96.3 Å². The lowest BCUT2D eigenvalue weighted by Gasteiger charge is -2.28. The third kappa shape index (κ3) is 60.0. The third-order valence-electron chi connectivity index (χ3n) is 12.9. The monoisotopic (exact) mass is 1070 g/mol.